The van der Waals surface area contributed by atoms with E-state index < -0.39 is 26.8 Å². The van der Waals surface area contributed by atoms with Crippen LogP contribution in [0.2, 0.25) is 0 Å². The summed E-state index contributed by atoms with van der Waals surface area (Å²) in [5.41, 5.74) is 2.65. The summed E-state index contributed by atoms with van der Waals surface area (Å²) in [6, 6.07) is 16.6. The molecule has 4 aromatic rings. The van der Waals surface area contributed by atoms with Crippen LogP contribution in [0.15, 0.2) is 71.8 Å². The topological polar surface area (TPSA) is 85.8 Å². The lowest BCUT2D eigenvalue weighted by Crippen LogP contribution is -2.15. The Labute approximate surface area is 187 Å². The lowest BCUT2D eigenvalue weighted by Gasteiger charge is -2.13. The highest BCUT2D eigenvalue weighted by Crippen LogP contribution is 2.42. The number of H-pyrrole nitrogens is 1. The molecule has 0 saturated carbocycles. The van der Waals surface area contributed by atoms with E-state index in [4.69, 9.17) is 5.26 Å². The minimum atomic E-state index is -4.44. The molecule has 0 radical (unpaired) electrons. The van der Waals surface area contributed by atoms with Gasteiger partial charge in [0.25, 0.3) is 0 Å². The van der Waals surface area contributed by atoms with Crippen LogP contribution in [0.4, 0.5) is 18.9 Å². The lowest BCUT2D eigenvalue weighted by molar-refractivity contribution is -0.137. The molecule has 1 aliphatic rings. The SMILES string of the molecule is N#Cc1ccc(S(=O)(=O)C2CNc3ccc(-c4c[nH]c5cc(C(F)(F)F)ccc45)cc32)cc1. The number of halogens is 3. The van der Waals surface area contributed by atoms with Gasteiger partial charge < -0.3 is 10.3 Å². The van der Waals surface area contributed by atoms with Crippen LogP contribution in [0, 0.1) is 11.3 Å². The average Bonchev–Trinajstić information content (AvgIpc) is 3.42. The van der Waals surface area contributed by atoms with Gasteiger partial charge in [0.15, 0.2) is 9.84 Å². The van der Waals surface area contributed by atoms with Gasteiger partial charge in [-0.3, -0.25) is 0 Å². The van der Waals surface area contributed by atoms with E-state index in [9.17, 15) is 21.6 Å². The molecule has 9 heteroatoms. The number of nitriles is 1. The van der Waals surface area contributed by atoms with E-state index in [-0.39, 0.29) is 11.4 Å². The van der Waals surface area contributed by atoms with Crippen molar-refractivity contribution in [3.8, 4) is 17.2 Å². The summed E-state index contributed by atoms with van der Waals surface area (Å²) in [6.45, 7) is 0.198. The minimum Gasteiger partial charge on any atom is -0.383 e. The van der Waals surface area contributed by atoms with E-state index in [1.165, 1.54) is 30.3 Å². The molecule has 5 nitrogen and oxygen atoms in total. The second kappa shape index (κ2) is 7.39. The molecule has 1 atom stereocenters. The zero-order valence-corrected chi connectivity index (χ0v) is 17.8. The van der Waals surface area contributed by atoms with Gasteiger partial charge in [-0.2, -0.15) is 18.4 Å². The monoisotopic (exact) mass is 467 g/mol. The van der Waals surface area contributed by atoms with Crippen molar-refractivity contribution < 1.29 is 21.6 Å². The zero-order valence-electron chi connectivity index (χ0n) is 16.9. The quantitative estimate of drug-likeness (QED) is 0.407. The van der Waals surface area contributed by atoms with Crippen LogP contribution in [0.1, 0.15) is 21.9 Å². The van der Waals surface area contributed by atoms with Crippen molar-refractivity contribution in [1.82, 2.24) is 4.98 Å². The van der Waals surface area contributed by atoms with Crippen LogP contribution in [0.25, 0.3) is 22.0 Å². The second-order valence-electron chi connectivity index (χ2n) is 7.81. The van der Waals surface area contributed by atoms with Gasteiger partial charge in [-0.15, -0.1) is 0 Å². The number of sulfone groups is 1. The Hall–Kier alpha value is -3.77. The molecule has 0 bridgehead atoms. The molecular weight excluding hydrogens is 451 g/mol. The molecule has 0 saturated heterocycles. The van der Waals surface area contributed by atoms with E-state index in [1.807, 2.05) is 12.1 Å². The Bertz CT molecular complexity index is 1530. The molecule has 0 aliphatic carbocycles. The maximum absolute atomic E-state index is 13.3. The number of fused-ring (bicyclic) bond motifs is 2. The molecule has 0 amide bonds. The smallest absolute Gasteiger partial charge is 0.383 e. The van der Waals surface area contributed by atoms with Crippen molar-refractivity contribution in [2.45, 2.75) is 16.3 Å². The molecule has 166 valence electrons. The molecule has 2 N–H and O–H groups in total. The number of anilines is 1. The summed E-state index contributed by atoms with van der Waals surface area (Å²) < 4.78 is 65.7. The predicted molar refractivity (Wildman–Crippen MR) is 118 cm³/mol. The molecule has 1 aromatic heterocycles. The standard InChI is InChI=1S/C24H16F3N3O2S/c25-24(26,27)16-4-7-18-20(12-29-22(18)10-16)15-3-8-21-19(9-15)23(13-30-21)33(31,32)17-5-1-14(11-28)2-6-17/h1-10,12,23,29-30H,13H2. The highest BCUT2D eigenvalue weighted by atomic mass is 32.2. The third-order valence-corrected chi connectivity index (χ3v) is 7.98. The maximum atomic E-state index is 13.3. The first-order valence-electron chi connectivity index (χ1n) is 9.99. The fourth-order valence-electron chi connectivity index (χ4n) is 4.17. The van der Waals surface area contributed by atoms with Crippen LogP contribution in [-0.4, -0.2) is 19.9 Å². The highest BCUT2D eigenvalue weighted by molar-refractivity contribution is 7.91. The Morgan fingerprint density at radius 3 is 2.45 bits per heavy atom. The van der Waals surface area contributed by atoms with E-state index in [0.717, 1.165) is 12.1 Å². The third-order valence-electron chi connectivity index (χ3n) is 5.88. The molecule has 0 spiro atoms. The van der Waals surface area contributed by atoms with Gasteiger partial charge in [-0.25, -0.2) is 8.42 Å². The fourth-order valence-corrected chi connectivity index (χ4v) is 5.85. The lowest BCUT2D eigenvalue weighted by atomic mass is 10.0. The van der Waals surface area contributed by atoms with Gasteiger partial charge in [0.1, 0.15) is 5.25 Å². The maximum Gasteiger partial charge on any atom is 0.416 e. The molecule has 1 aliphatic heterocycles. The Balaban J connectivity index is 1.55. The van der Waals surface area contributed by atoms with Crippen molar-refractivity contribution in [3.05, 3.63) is 83.6 Å². The van der Waals surface area contributed by atoms with Gasteiger partial charge in [0.05, 0.1) is 22.1 Å². The van der Waals surface area contributed by atoms with E-state index in [0.29, 0.717) is 38.8 Å². The summed E-state index contributed by atoms with van der Waals surface area (Å²) >= 11 is 0. The Kier molecular flexibility index (Phi) is 4.72. The van der Waals surface area contributed by atoms with Crippen LogP contribution in [0.3, 0.4) is 0 Å². The molecule has 2 heterocycles. The fraction of sp³-hybridized carbons (Fsp3) is 0.125. The van der Waals surface area contributed by atoms with Crippen LogP contribution < -0.4 is 5.32 Å². The summed E-state index contributed by atoms with van der Waals surface area (Å²) in [5, 5.41) is 11.9. The van der Waals surface area contributed by atoms with Crippen molar-refractivity contribution in [3.63, 3.8) is 0 Å². The summed E-state index contributed by atoms with van der Waals surface area (Å²) in [4.78, 5) is 3.01. The minimum absolute atomic E-state index is 0.123. The number of rotatable bonds is 3. The number of alkyl halides is 3. The molecule has 5 rings (SSSR count). The van der Waals surface area contributed by atoms with E-state index >= 15 is 0 Å². The number of hydrogen-bond acceptors (Lipinski definition) is 4. The zero-order chi connectivity index (χ0) is 23.4. The number of nitrogens with one attached hydrogen (secondary N) is 2. The van der Waals surface area contributed by atoms with Crippen molar-refractivity contribution >= 4 is 26.4 Å². The summed E-state index contributed by atoms with van der Waals surface area (Å²) in [6.07, 6.45) is -2.81. The Morgan fingerprint density at radius 2 is 1.76 bits per heavy atom. The second-order valence-corrected chi connectivity index (χ2v) is 9.94. The van der Waals surface area contributed by atoms with E-state index in [1.54, 1.807) is 18.3 Å². The van der Waals surface area contributed by atoms with Gasteiger partial charge in [-0.1, -0.05) is 12.1 Å². The number of hydrogen-bond donors (Lipinski definition) is 2. The van der Waals surface area contributed by atoms with Crippen molar-refractivity contribution in [1.29, 1.82) is 5.26 Å². The normalized spacial score (nSPS) is 15.8. The largest absolute Gasteiger partial charge is 0.416 e. The van der Waals surface area contributed by atoms with E-state index in [2.05, 4.69) is 10.3 Å². The van der Waals surface area contributed by atoms with Crippen molar-refractivity contribution in [2.24, 2.45) is 0 Å². The van der Waals surface area contributed by atoms with Gasteiger partial charge >= 0.3 is 6.18 Å². The number of aromatic amines is 1. The van der Waals surface area contributed by atoms with Crippen LogP contribution in [0.5, 0.6) is 0 Å². The highest BCUT2D eigenvalue weighted by Gasteiger charge is 2.35. The first-order chi connectivity index (χ1) is 15.7. The number of benzene rings is 3. The number of nitrogens with zero attached hydrogens (tertiary/aromatic N) is 1. The molecule has 0 fully saturated rings. The van der Waals surface area contributed by atoms with Crippen molar-refractivity contribution in [2.75, 3.05) is 11.9 Å². The summed E-state index contributed by atoms with van der Waals surface area (Å²) in [5.74, 6) is 0. The molecule has 33 heavy (non-hydrogen) atoms. The third kappa shape index (κ3) is 3.52. The molecular formula is C24H16F3N3O2S. The Morgan fingerprint density at radius 1 is 1.00 bits per heavy atom. The first-order valence-corrected chi connectivity index (χ1v) is 11.5. The van der Waals surface area contributed by atoms with Gasteiger partial charge in [-0.05, 0) is 59.7 Å². The predicted octanol–water partition coefficient (Wildman–Crippen LogP) is 5.67. The van der Waals surface area contributed by atoms with Crippen LogP contribution >= 0.6 is 0 Å². The average molecular weight is 467 g/mol. The van der Waals surface area contributed by atoms with Gasteiger partial charge in [0, 0.05) is 34.9 Å². The molecule has 1 unspecified atom stereocenters. The molecule has 3 aromatic carbocycles. The first kappa shape index (κ1) is 21.1. The number of aromatic nitrogens is 1. The summed E-state index contributed by atoms with van der Waals surface area (Å²) in [7, 11) is -3.73. The van der Waals surface area contributed by atoms with Gasteiger partial charge in [0.2, 0.25) is 0 Å². The van der Waals surface area contributed by atoms with Crippen LogP contribution in [-0.2, 0) is 16.0 Å².